The highest BCUT2D eigenvalue weighted by Gasteiger charge is 2.40. The molecule has 0 N–H and O–H groups in total. The van der Waals surface area contributed by atoms with E-state index in [4.69, 9.17) is 16.0 Å². The van der Waals surface area contributed by atoms with Crippen molar-refractivity contribution in [3.8, 4) is 11.5 Å². The average Bonchev–Trinajstić information content (AvgIpc) is 3.49. The van der Waals surface area contributed by atoms with E-state index in [1.165, 1.54) is 11.8 Å². The SMILES string of the molecule is CC(C(=O)N(Cc1nnc(-c2ccc(Cl)cc2)o1)C1CC1)S(=O)(=O)c1ccc(F)cc1. The first-order valence-electron chi connectivity index (χ1n) is 9.64. The Kier molecular flexibility index (Phi) is 5.81. The van der Waals surface area contributed by atoms with Gasteiger partial charge in [-0.25, -0.2) is 12.8 Å². The van der Waals surface area contributed by atoms with Crippen molar-refractivity contribution in [1.82, 2.24) is 15.1 Å². The van der Waals surface area contributed by atoms with Gasteiger partial charge in [0.05, 0.1) is 11.4 Å². The molecule has 7 nitrogen and oxygen atoms in total. The van der Waals surface area contributed by atoms with Gasteiger partial charge < -0.3 is 9.32 Å². The lowest BCUT2D eigenvalue weighted by atomic mass is 10.2. The maximum absolute atomic E-state index is 13.2. The number of sulfone groups is 1. The van der Waals surface area contributed by atoms with Gasteiger partial charge in [-0.3, -0.25) is 4.79 Å². The summed E-state index contributed by atoms with van der Waals surface area (Å²) in [7, 11) is -3.98. The van der Waals surface area contributed by atoms with Crippen LogP contribution in [-0.4, -0.2) is 40.7 Å². The van der Waals surface area contributed by atoms with Crippen LogP contribution in [-0.2, 0) is 21.2 Å². The minimum atomic E-state index is -3.98. The van der Waals surface area contributed by atoms with Crippen LogP contribution in [0, 0.1) is 5.82 Å². The van der Waals surface area contributed by atoms with Gasteiger partial charge in [-0.1, -0.05) is 11.6 Å². The van der Waals surface area contributed by atoms with E-state index >= 15 is 0 Å². The number of carbonyl (C=O) groups excluding carboxylic acids is 1. The van der Waals surface area contributed by atoms with Gasteiger partial charge in [0.15, 0.2) is 9.84 Å². The summed E-state index contributed by atoms with van der Waals surface area (Å²) in [5.41, 5.74) is 0.680. The van der Waals surface area contributed by atoms with Crippen molar-refractivity contribution in [3.05, 3.63) is 65.3 Å². The van der Waals surface area contributed by atoms with E-state index in [2.05, 4.69) is 10.2 Å². The summed E-state index contributed by atoms with van der Waals surface area (Å²) in [6.07, 6.45) is 1.54. The zero-order chi connectivity index (χ0) is 22.2. The predicted octanol–water partition coefficient (Wildman–Crippen LogP) is 3.88. The first-order valence-corrected chi connectivity index (χ1v) is 11.6. The number of aromatic nitrogens is 2. The molecule has 2 aromatic carbocycles. The van der Waals surface area contributed by atoms with Gasteiger partial charge in [-0.05, 0) is 68.3 Å². The number of amides is 1. The highest BCUT2D eigenvalue weighted by Crippen LogP contribution is 2.31. The van der Waals surface area contributed by atoms with E-state index in [9.17, 15) is 17.6 Å². The van der Waals surface area contributed by atoms with Gasteiger partial charge in [-0.15, -0.1) is 10.2 Å². The maximum atomic E-state index is 13.2. The molecular weight excluding hydrogens is 445 g/mol. The first kappa shape index (κ1) is 21.5. The summed E-state index contributed by atoms with van der Waals surface area (Å²) in [5.74, 6) is -0.623. The quantitative estimate of drug-likeness (QED) is 0.493. The zero-order valence-corrected chi connectivity index (χ0v) is 18.1. The minimum Gasteiger partial charge on any atom is -0.419 e. The highest BCUT2D eigenvalue weighted by atomic mass is 35.5. The molecule has 1 saturated carbocycles. The van der Waals surface area contributed by atoms with Crippen LogP contribution in [0.5, 0.6) is 0 Å². The third-order valence-corrected chi connectivity index (χ3v) is 7.40. The predicted molar refractivity (Wildman–Crippen MR) is 111 cm³/mol. The van der Waals surface area contributed by atoms with Crippen molar-refractivity contribution in [2.24, 2.45) is 0 Å². The molecular formula is C21H19ClFN3O4S. The number of hydrogen-bond donors (Lipinski definition) is 0. The number of rotatable bonds is 7. The summed E-state index contributed by atoms with van der Waals surface area (Å²) in [6.45, 7) is 1.34. The third-order valence-electron chi connectivity index (χ3n) is 5.09. The lowest BCUT2D eigenvalue weighted by Gasteiger charge is -2.24. The van der Waals surface area contributed by atoms with Crippen molar-refractivity contribution in [1.29, 1.82) is 0 Å². The fourth-order valence-electron chi connectivity index (χ4n) is 3.14. The average molecular weight is 464 g/mol. The molecule has 1 heterocycles. The Morgan fingerprint density at radius 3 is 2.42 bits per heavy atom. The molecule has 31 heavy (non-hydrogen) atoms. The first-order chi connectivity index (χ1) is 14.8. The molecule has 0 bridgehead atoms. The molecule has 10 heteroatoms. The summed E-state index contributed by atoms with van der Waals surface area (Å²) >= 11 is 5.89. The molecule has 0 saturated heterocycles. The fraction of sp³-hybridized carbons (Fsp3) is 0.286. The third kappa shape index (κ3) is 4.62. The van der Waals surface area contributed by atoms with E-state index in [0.29, 0.717) is 10.6 Å². The Morgan fingerprint density at radius 1 is 1.16 bits per heavy atom. The standard InChI is InChI=1S/C21H19ClFN3O4S/c1-13(31(28,29)18-10-6-16(23)7-11-18)21(27)26(17-8-9-17)12-19-24-25-20(30-19)14-2-4-15(22)5-3-14/h2-7,10-11,13,17H,8-9,12H2,1H3. The normalized spacial score (nSPS) is 14.9. The van der Waals surface area contributed by atoms with Gasteiger partial charge in [0, 0.05) is 16.6 Å². The van der Waals surface area contributed by atoms with Crippen LogP contribution in [0.2, 0.25) is 5.02 Å². The summed E-state index contributed by atoms with van der Waals surface area (Å²) in [5, 5.41) is 7.25. The highest BCUT2D eigenvalue weighted by molar-refractivity contribution is 7.92. The van der Waals surface area contributed by atoms with Crippen LogP contribution in [0.4, 0.5) is 4.39 Å². The van der Waals surface area contributed by atoms with Gasteiger partial charge >= 0.3 is 0 Å². The van der Waals surface area contributed by atoms with Crippen LogP contribution < -0.4 is 0 Å². The molecule has 0 spiro atoms. The van der Waals surface area contributed by atoms with E-state index in [1.807, 2.05) is 0 Å². The molecule has 162 valence electrons. The Hall–Kier alpha value is -2.78. The van der Waals surface area contributed by atoms with Crippen molar-refractivity contribution in [2.45, 2.75) is 42.5 Å². The van der Waals surface area contributed by atoms with Crippen LogP contribution in [0.3, 0.4) is 0 Å². The van der Waals surface area contributed by atoms with Gasteiger partial charge in [0.25, 0.3) is 0 Å². The van der Waals surface area contributed by atoms with Gasteiger partial charge in [0.1, 0.15) is 11.1 Å². The number of halogens is 2. The summed E-state index contributed by atoms with van der Waals surface area (Å²) in [4.78, 5) is 14.5. The monoisotopic (exact) mass is 463 g/mol. The molecule has 1 amide bonds. The van der Waals surface area contributed by atoms with Crippen LogP contribution in [0.1, 0.15) is 25.7 Å². The van der Waals surface area contributed by atoms with Crippen molar-refractivity contribution in [3.63, 3.8) is 0 Å². The van der Waals surface area contributed by atoms with Crippen molar-refractivity contribution >= 4 is 27.3 Å². The lowest BCUT2D eigenvalue weighted by Crippen LogP contribution is -2.42. The van der Waals surface area contributed by atoms with Crippen molar-refractivity contribution < 1.29 is 22.0 Å². The number of benzene rings is 2. The Labute approximate surface area is 183 Å². The fourth-order valence-corrected chi connectivity index (χ4v) is 4.59. The van der Waals surface area contributed by atoms with Crippen LogP contribution in [0.25, 0.3) is 11.5 Å². The molecule has 1 fully saturated rings. The largest absolute Gasteiger partial charge is 0.419 e. The van der Waals surface area contributed by atoms with Gasteiger partial charge in [0.2, 0.25) is 17.7 Å². The molecule has 0 aliphatic heterocycles. The Bertz CT molecular complexity index is 1190. The smallest absolute Gasteiger partial charge is 0.247 e. The molecule has 1 atom stereocenters. The Morgan fingerprint density at radius 2 is 1.81 bits per heavy atom. The molecule has 1 unspecified atom stereocenters. The molecule has 4 rings (SSSR count). The van der Waals surface area contributed by atoms with Crippen molar-refractivity contribution in [2.75, 3.05) is 0 Å². The summed E-state index contributed by atoms with van der Waals surface area (Å²) < 4.78 is 44.6. The topological polar surface area (TPSA) is 93.4 Å². The van der Waals surface area contributed by atoms with Crippen LogP contribution >= 0.6 is 11.6 Å². The summed E-state index contributed by atoms with van der Waals surface area (Å²) in [6, 6.07) is 11.2. The molecule has 1 aromatic heterocycles. The minimum absolute atomic E-state index is 0.00731. The van der Waals surface area contributed by atoms with E-state index < -0.39 is 26.8 Å². The molecule has 3 aromatic rings. The van der Waals surface area contributed by atoms with Crippen LogP contribution in [0.15, 0.2) is 57.8 Å². The van der Waals surface area contributed by atoms with E-state index in [0.717, 1.165) is 37.1 Å². The molecule has 1 aliphatic carbocycles. The number of carbonyl (C=O) groups is 1. The lowest BCUT2D eigenvalue weighted by molar-refractivity contribution is -0.132. The second-order valence-corrected chi connectivity index (χ2v) is 10.1. The zero-order valence-electron chi connectivity index (χ0n) is 16.5. The molecule has 1 aliphatic rings. The number of nitrogens with zero attached hydrogens (tertiary/aromatic N) is 3. The maximum Gasteiger partial charge on any atom is 0.247 e. The van der Waals surface area contributed by atoms with E-state index in [1.54, 1.807) is 24.3 Å². The second kappa shape index (κ2) is 8.39. The molecule has 0 radical (unpaired) electrons. The Balaban J connectivity index is 1.53. The van der Waals surface area contributed by atoms with Gasteiger partial charge in [-0.2, -0.15) is 0 Å². The number of hydrogen-bond acceptors (Lipinski definition) is 6. The van der Waals surface area contributed by atoms with E-state index in [-0.39, 0.29) is 29.3 Å². The second-order valence-electron chi connectivity index (χ2n) is 7.35.